The summed E-state index contributed by atoms with van der Waals surface area (Å²) in [5.41, 5.74) is 0.486. The highest BCUT2D eigenvalue weighted by Gasteiger charge is 2.55. The summed E-state index contributed by atoms with van der Waals surface area (Å²) in [6.45, 7) is 6.83. The van der Waals surface area contributed by atoms with Crippen LogP contribution in [-0.2, 0) is 4.74 Å². The van der Waals surface area contributed by atoms with E-state index in [9.17, 15) is 0 Å². The number of likely N-dealkylation sites (tertiary alicyclic amines) is 1. The lowest BCUT2D eigenvalue weighted by atomic mass is 9.55. The Bertz CT molecular complexity index is 319. The molecule has 1 spiro atoms. The van der Waals surface area contributed by atoms with Gasteiger partial charge < -0.3 is 15.0 Å². The Balaban J connectivity index is 1.50. The van der Waals surface area contributed by atoms with Gasteiger partial charge in [0.1, 0.15) is 0 Å². The van der Waals surface area contributed by atoms with Gasteiger partial charge in [-0.1, -0.05) is 19.3 Å². The number of nitrogens with zero attached hydrogens (tertiary/aromatic N) is 1. The van der Waals surface area contributed by atoms with Crippen LogP contribution in [0.1, 0.15) is 58.3 Å². The van der Waals surface area contributed by atoms with Crippen molar-refractivity contribution in [1.29, 1.82) is 0 Å². The van der Waals surface area contributed by atoms with Crippen molar-refractivity contribution in [3.63, 3.8) is 0 Å². The van der Waals surface area contributed by atoms with Gasteiger partial charge in [0, 0.05) is 18.1 Å². The monoisotopic (exact) mass is 294 g/mol. The molecule has 2 unspecified atom stereocenters. The second-order valence-corrected chi connectivity index (χ2v) is 7.68. The van der Waals surface area contributed by atoms with E-state index < -0.39 is 0 Å². The van der Waals surface area contributed by atoms with Crippen molar-refractivity contribution in [3.8, 4) is 0 Å². The second-order valence-electron chi connectivity index (χ2n) is 7.68. The van der Waals surface area contributed by atoms with Crippen molar-refractivity contribution in [2.45, 2.75) is 70.4 Å². The molecule has 1 aliphatic heterocycles. The summed E-state index contributed by atoms with van der Waals surface area (Å²) in [7, 11) is 2.25. The summed E-state index contributed by atoms with van der Waals surface area (Å²) >= 11 is 0. The first kappa shape index (κ1) is 15.8. The van der Waals surface area contributed by atoms with Gasteiger partial charge in [-0.15, -0.1) is 0 Å². The fourth-order valence-electron chi connectivity index (χ4n) is 4.92. The van der Waals surface area contributed by atoms with E-state index in [1.165, 1.54) is 71.0 Å². The van der Waals surface area contributed by atoms with Crippen LogP contribution in [-0.4, -0.2) is 50.3 Å². The van der Waals surface area contributed by atoms with Gasteiger partial charge in [-0.25, -0.2) is 0 Å². The molecule has 3 aliphatic rings. The van der Waals surface area contributed by atoms with E-state index in [1.807, 2.05) is 0 Å². The van der Waals surface area contributed by atoms with Gasteiger partial charge >= 0.3 is 0 Å². The molecule has 1 saturated heterocycles. The summed E-state index contributed by atoms with van der Waals surface area (Å²) < 4.78 is 6.06. The zero-order valence-electron chi connectivity index (χ0n) is 14.1. The number of ether oxygens (including phenoxy) is 1. The molecular formula is C18H34N2O. The van der Waals surface area contributed by atoms with Crippen molar-refractivity contribution >= 4 is 0 Å². The highest BCUT2D eigenvalue weighted by atomic mass is 16.5. The SMILES string of the molecule is CCOC1CC(NCC2CCN(C)CC2)C12CCCCC2. The third-order valence-corrected chi connectivity index (χ3v) is 6.43. The average Bonchev–Trinajstić information content (AvgIpc) is 2.52. The van der Waals surface area contributed by atoms with Crippen LogP contribution in [0, 0.1) is 11.3 Å². The highest BCUT2D eigenvalue weighted by Crippen LogP contribution is 2.53. The van der Waals surface area contributed by atoms with Crippen molar-refractivity contribution in [2.24, 2.45) is 11.3 Å². The van der Waals surface area contributed by atoms with E-state index in [2.05, 4.69) is 24.2 Å². The molecule has 2 atom stereocenters. The van der Waals surface area contributed by atoms with Crippen molar-refractivity contribution in [2.75, 3.05) is 33.3 Å². The van der Waals surface area contributed by atoms with Crippen molar-refractivity contribution < 1.29 is 4.74 Å². The van der Waals surface area contributed by atoms with Crippen LogP contribution in [0.25, 0.3) is 0 Å². The Morgan fingerprint density at radius 1 is 1.14 bits per heavy atom. The summed E-state index contributed by atoms with van der Waals surface area (Å²) in [6, 6.07) is 0.731. The minimum Gasteiger partial charge on any atom is -0.378 e. The lowest BCUT2D eigenvalue weighted by Gasteiger charge is -2.58. The summed E-state index contributed by atoms with van der Waals surface area (Å²) in [4.78, 5) is 2.47. The molecule has 3 nitrogen and oxygen atoms in total. The Morgan fingerprint density at radius 3 is 2.52 bits per heavy atom. The van der Waals surface area contributed by atoms with E-state index in [0.717, 1.165) is 18.6 Å². The lowest BCUT2D eigenvalue weighted by Crippen LogP contribution is -2.65. The number of hydrogen-bond acceptors (Lipinski definition) is 3. The van der Waals surface area contributed by atoms with E-state index in [4.69, 9.17) is 4.74 Å². The fraction of sp³-hybridized carbons (Fsp3) is 1.00. The summed E-state index contributed by atoms with van der Waals surface area (Å²) in [5.74, 6) is 0.896. The minimum absolute atomic E-state index is 0.486. The molecule has 0 aromatic rings. The largest absolute Gasteiger partial charge is 0.378 e. The van der Waals surface area contributed by atoms with Crippen molar-refractivity contribution in [3.05, 3.63) is 0 Å². The molecule has 1 heterocycles. The van der Waals surface area contributed by atoms with E-state index in [1.54, 1.807) is 0 Å². The lowest BCUT2D eigenvalue weighted by molar-refractivity contribution is -0.150. The van der Waals surface area contributed by atoms with Gasteiger partial charge in [-0.2, -0.15) is 0 Å². The van der Waals surface area contributed by atoms with E-state index in [0.29, 0.717) is 11.5 Å². The standard InChI is InChI=1S/C18H34N2O/c1-3-21-17-13-16(18(17)9-5-4-6-10-18)19-14-15-7-11-20(2)12-8-15/h15-17,19H,3-14H2,1-2H3. The van der Waals surface area contributed by atoms with Gasteiger partial charge in [0.05, 0.1) is 6.10 Å². The molecule has 0 amide bonds. The topological polar surface area (TPSA) is 24.5 Å². The van der Waals surface area contributed by atoms with E-state index in [-0.39, 0.29) is 0 Å². The quantitative estimate of drug-likeness (QED) is 0.843. The molecule has 21 heavy (non-hydrogen) atoms. The Kier molecular flexibility index (Phi) is 5.23. The maximum absolute atomic E-state index is 6.06. The molecule has 2 aliphatic carbocycles. The van der Waals surface area contributed by atoms with Crippen LogP contribution < -0.4 is 5.32 Å². The van der Waals surface area contributed by atoms with Crippen LogP contribution in [0.2, 0.25) is 0 Å². The molecule has 122 valence electrons. The molecule has 1 N–H and O–H groups in total. The third-order valence-electron chi connectivity index (χ3n) is 6.43. The summed E-state index contributed by atoms with van der Waals surface area (Å²) in [6.07, 6.45) is 11.6. The summed E-state index contributed by atoms with van der Waals surface area (Å²) in [5, 5.41) is 3.95. The Hall–Kier alpha value is -0.120. The fourth-order valence-corrected chi connectivity index (χ4v) is 4.92. The average molecular weight is 294 g/mol. The molecule has 0 radical (unpaired) electrons. The predicted octanol–water partition coefficient (Wildman–Crippen LogP) is 3.05. The highest BCUT2D eigenvalue weighted by molar-refractivity contribution is 5.09. The second kappa shape index (κ2) is 6.97. The van der Waals surface area contributed by atoms with Crippen LogP contribution in [0.3, 0.4) is 0 Å². The molecule has 3 fully saturated rings. The van der Waals surface area contributed by atoms with Crippen molar-refractivity contribution in [1.82, 2.24) is 10.2 Å². The Labute approximate surface area is 130 Å². The Morgan fingerprint density at radius 2 is 1.86 bits per heavy atom. The van der Waals surface area contributed by atoms with Gasteiger partial charge in [-0.3, -0.25) is 0 Å². The number of nitrogens with one attached hydrogen (secondary N) is 1. The zero-order valence-corrected chi connectivity index (χ0v) is 14.1. The maximum Gasteiger partial charge on any atom is 0.0661 e. The minimum atomic E-state index is 0.486. The van der Waals surface area contributed by atoms with Gasteiger partial charge in [0.2, 0.25) is 0 Å². The molecule has 2 saturated carbocycles. The molecule has 0 aromatic heterocycles. The smallest absolute Gasteiger partial charge is 0.0661 e. The van der Waals surface area contributed by atoms with Crippen LogP contribution in [0.4, 0.5) is 0 Å². The normalized spacial score (nSPS) is 34.0. The molecule has 3 rings (SSSR count). The first-order valence-electron chi connectivity index (χ1n) is 9.28. The van der Waals surface area contributed by atoms with Gasteiger partial charge in [-0.05, 0) is 71.6 Å². The third kappa shape index (κ3) is 3.30. The van der Waals surface area contributed by atoms with Crippen LogP contribution in [0.5, 0.6) is 0 Å². The molecule has 0 bridgehead atoms. The number of rotatable bonds is 5. The predicted molar refractivity (Wildman–Crippen MR) is 87.6 cm³/mol. The number of hydrogen-bond donors (Lipinski definition) is 1. The zero-order chi connectivity index (χ0) is 14.7. The maximum atomic E-state index is 6.06. The van der Waals surface area contributed by atoms with Crippen LogP contribution in [0.15, 0.2) is 0 Å². The molecular weight excluding hydrogens is 260 g/mol. The van der Waals surface area contributed by atoms with Gasteiger partial charge in [0.25, 0.3) is 0 Å². The molecule has 0 aromatic carbocycles. The van der Waals surface area contributed by atoms with Gasteiger partial charge in [0.15, 0.2) is 0 Å². The first-order chi connectivity index (χ1) is 10.2. The number of piperidine rings is 1. The van der Waals surface area contributed by atoms with Crippen LogP contribution >= 0.6 is 0 Å². The molecule has 3 heteroatoms. The first-order valence-corrected chi connectivity index (χ1v) is 9.28. The van der Waals surface area contributed by atoms with E-state index >= 15 is 0 Å².